The van der Waals surface area contributed by atoms with Gasteiger partial charge in [-0.15, -0.1) is 0 Å². The molecule has 0 saturated heterocycles. The SMILES string of the molecule is CCCCCCCCCCCCCCCCCCCCCCOC(=O)CCCCC. The Kier molecular flexibility index (Phi) is 26.0. The van der Waals surface area contributed by atoms with Crippen LogP contribution in [0.4, 0.5) is 0 Å². The molecule has 0 aliphatic rings. The Morgan fingerprint density at radius 1 is 0.433 bits per heavy atom. The minimum atomic E-state index is 0.00116. The average Bonchev–Trinajstić information content (AvgIpc) is 2.75. The van der Waals surface area contributed by atoms with Crippen molar-refractivity contribution in [3.05, 3.63) is 0 Å². The first-order chi connectivity index (χ1) is 14.8. The number of ether oxygens (including phenoxy) is 1. The molecule has 0 bridgehead atoms. The molecule has 0 rings (SSSR count). The van der Waals surface area contributed by atoms with Gasteiger partial charge in [-0.1, -0.05) is 149 Å². The predicted molar refractivity (Wildman–Crippen MR) is 133 cm³/mol. The highest BCUT2D eigenvalue weighted by molar-refractivity contribution is 5.69. The van der Waals surface area contributed by atoms with Crippen LogP contribution in [0, 0.1) is 0 Å². The van der Waals surface area contributed by atoms with Gasteiger partial charge in [-0.3, -0.25) is 4.79 Å². The van der Waals surface area contributed by atoms with Gasteiger partial charge in [0.25, 0.3) is 0 Å². The molecule has 0 N–H and O–H groups in total. The van der Waals surface area contributed by atoms with Gasteiger partial charge in [-0.25, -0.2) is 0 Å². The smallest absolute Gasteiger partial charge is 0.305 e. The molecule has 0 aromatic rings. The lowest BCUT2D eigenvalue weighted by Crippen LogP contribution is -2.05. The van der Waals surface area contributed by atoms with Crippen LogP contribution >= 0.6 is 0 Å². The third-order valence-corrected chi connectivity index (χ3v) is 6.25. The molecular formula is C28H56O2. The van der Waals surface area contributed by atoms with E-state index in [4.69, 9.17) is 4.74 Å². The monoisotopic (exact) mass is 424 g/mol. The van der Waals surface area contributed by atoms with Crippen LogP contribution in [0.3, 0.4) is 0 Å². The van der Waals surface area contributed by atoms with E-state index in [0.29, 0.717) is 13.0 Å². The molecule has 0 radical (unpaired) electrons. The summed E-state index contributed by atoms with van der Waals surface area (Å²) in [4.78, 5) is 11.5. The van der Waals surface area contributed by atoms with Gasteiger partial charge in [0.2, 0.25) is 0 Å². The molecule has 0 unspecified atom stereocenters. The highest BCUT2D eigenvalue weighted by Crippen LogP contribution is 2.14. The molecule has 0 heterocycles. The molecule has 0 aromatic carbocycles. The second-order valence-corrected chi connectivity index (χ2v) is 9.40. The van der Waals surface area contributed by atoms with Crippen molar-refractivity contribution in [2.75, 3.05) is 6.61 Å². The van der Waals surface area contributed by atoms with Gasteiger partial charge in [0.1, 0.15) is 0 Å². The molecule has 0 aromatic heterocycles. The molecule has 2 nitrogen and oxygen atoms in total. The summed E-state index contributed by atoms with van der Waals surface area (Å²) in [5, 5.41) is 0. The second kappa shape index (κ2) is 26.5. The zero-order chi connectivity index (χ0) is 22.0. The molecule has 0 amide bonds. The van der Waals surface area contributed by atoms with E-state index < -0.39 is 0 Å². The van der Waals surface area contributed by atoms with Crippen LogP contribution in [0.1, 0.15) is 168 Å². The first-order valence-corrected chi connectivity index (χ1v) is 14.0. The van der Waals surface area contributed by atoms with Crippen LogP contribution in [0.25, 0.3) is 0 Å². The Morgan fingerprint density at radius 2 is 0.733 bits per heavy atom. The van der Waals surface area contributed by atoms with Gasteiger partial charge < -0.3 is 4.74 Å². The van der Waals surface area contributed by atoms with Crippen molar-refractivity contribution in [2.24, 2.45) is 0 Å². The maximum Gasteiger partial charge on any atom is 0.305 e. The number of unbranched alkanes of at least 4 members (excludes halogenated alkanes) is 21. The summed E-state index contributed by atoms with van der Waals surface area (Å²) in [6.45, 7) is 5.08. The van der Waals surface area contributed by atoms with Gasteiger partial charge >= 0.3 is 5.97 Å². The van der Waals surface area contributed by atoms with Gasteiger partial charge in [-0.2, -0.15) is 0 Å². The van der Waals surface area contributed by atoms with Crippen molar-refractivity contribution >= 4 is 5.97 Å². The molecule has 0 fully saturated rings. The molecule has 30 heavy (non-hydrogen) atoms. The molecule has 0 aliphatic carbocycles. The summed E-state index contributed by atoms with van der Waals surface area (Å²) >= 11 is 0. The van der Waals surface area contributed by atoms with E-state index in [9.17, 15) is 4.79 Å². The highest BCUT2D eigenvalue weighted by Gasteiger charge is 2.01. The number of esters is 1. The number of rotatable bonds is 25. The normalized spacial score (nSPS) is 11.1. The van der Waals surface area contributed by atoms with Crippen LogP contribution in [0.5, 0.6) is 0 Å². The van der Waals surface area contributed by atoms with Crippen LogP contribution in [-0.2, 0) is 9.53 Å². The lowest BCUT2D eigenvalue weighted by molar-refractivity contribution is -0.143. The zero-order valence-electron chi connectivity index (χ0n) is 21.0. The fourth-order valence-corrected chi connectivity index (χ4v) is 4.13. The number of carbonyl (C=O) groups is 1. The summed E-state index contributed by atoms with van der Waals surface area (Å²) in [5.74, 6) is 0.00116. The van der Waals surface area contributed by atoms with Gasteiger partial charge in [0.05, 0.1) is 6.61 Å². The van der Waals surface area contributed by atoms with Gasteiger partial charge in [0, 0.05) is 6.42 Å². The summed E-state index contributed by atoms with van der Waals surface area (Å²) < 4.78 is 5.29. The Hall–Kier alpha value is -0.530. The topological polar surface area (TPSA) is 26.3 Å². The zero-order valence-corrected chi connectivity index (χ0v) is 21.0. The van der Waals surface area contributed by atoms with Gasteiger partial charge in [-0.05, 0) is 12.8 Å². The van der Waals surface area contributed by atoms with E-state index in [1.54, 1.807) is 0 Å². The predicted octanol–water partition coefficient (Wildman–Crippen LogP) is 9.93. The first kappa shape index (κ1) is 29.5. The molecule has 0 atom stereocenters. The Bertz CT molecular complexity index is 327. The number of carbonyl (C=O) groups excluding carboxylic acids is 1. The van der Waals surface area contributed by atoms with E-state index in [-0.39, 0.29) is 5.97 Å². The molecule has 0 saturated carbocycles. The minimum Gasteiger partial charge on any atom is -0.466 e. The maximum atomic E-state index is 11.5. The molecule has 0 spiro atoms. The Morgan fingerprint density at radius 3 is 1.10 bits per heavy atom. The molecular weight excluding hydrogens is 368 g/mol. The summed E-state index contributed by atoms with van der Waals surface area (Å²) in [7, 11) is 0. The van der Waals surface area contributed by atoms with Crippen molar-refractivity contribution in [3.63, 3.8) is 0 Å². The second-order valence-electron chi connectivity index (χ2n) is 9.40. The van der Waals surface area contributed by atoms with E-state index >= 15 is 0 Å². The van der Waals surface area contributed by atoms with E-state index in [1.807, 2.05) is 0 Å². The summed E-state index contributed by atoms with van der Waals surface area (Å²) in [6.07, 6.45) is 31.8. The van der Waals surface area contributed by atoms with E-state index in [2.05, 4.69) is 13.8 Å². The van der Waals surface area contributed by atoms with Crippen molar-refractivity contribution in [1.82, 2.24) is 0 Å². The van der Waals surface area contributed by atoms with Crippen molar-refractivity contribution in [3.8, 4) is 0 Å². The standard InChI is InChI=1S/C28H56O2/c1-3-5-7-8-9-10-11-12-13-14-15-16-17-18-19-20-21-22-23-25-27-30-28(29)26-24-6-4-2/h3-27H2,1-2H3. The van der Waals surface area contributed by atoms with Crippen molar-refractivity contribution in [1.29, 1.82) is 0 Å². The summed E-state index contributed by atoms with van der Waals surface area (Å²) in [6, 6.07) is 0. The molecule has 0 aliphatic heterocycles. The van der Waals surface area contributed by atoms with Crippen LogP contribution in [-0.4, -0.2) is 12.6 Å². The fraction of sp³-hybridized carbons (Fsp3) is 0.964. The summed E-state index contributed by atoms with van der Waals surface area (Å²) in [5.41, 5.74) is 0. The maximum absolute atomic E-state index is 11.5. The van der Waals surface area contributed by atoms with Crippen LogP contribution in [0.15, 0.2) is 0 Å². The molecule has 2 heteroatoms. The quantitative estimate of drug-likeness (QED) is 0.108. The molecule has 180 valence electrons. The van der Waals surface area contributed by atoms with E-state index in [0.717, 1.165) is 25.7 Å². The van der Waals surface area contributed by atoms with E-state index in [1.165, 1.54) is 122 Å². The van der Waals surface area contributed by atoms with Crippen LogP contribution in [0.2, 0.25) is 0 Å². The lowest BCUT2D eigenvalue weighted by Gasteiger charge is -2.05. The Labute approximate surface area is 190 Å². The minimum absolute atomic E-state index is 0.00116. The van der Waals surface area contributed by atoms with Crippen molar-refractivity contribution < 1.29 is 9.53 Å². The number of hydrogen-bond donors (Lipinski definition) is 0. The largest absolute Gasteiger partial charge is 0.466 e. The fourth-order valence-electron chi connectivity index (χ4n) is 4.13. The average molecular weight is 425 g/mol. The first-order valence-electron chi connectivity index (χ1n) is 14.0. The number of hydrogen-bond acceptors (Lipinski definition) is 2. The Balaban J connectivity index is 3.06. The third-order valence-electron chi connectivity index (χ3n) is 6.25. The third kappa shape index (κ3) is 25.5. The van der Waals surface area contributed by atoms with Gasteiger partial charge in [0.15, 0.2) is 0 Å². The van der Waals surface area contributed by atoms with Crippen LogP contribution < -0.4 is 0 Å². The highest BCUT2D eigenvalue weighted by atomic mass is 16.5. The van der Waals surface area contributed by atoms with Crippen molar-refractivity contribution in [2.45, 2.75) is 168 Å². The lowest BCUT2D eigenvalue weighted by atomic mass is 10.0.